The lowest BCUT2D eigenvalue weighted by Crippen LogP contribution is -2.37. The monoisotopic (exact) mass is 503 g/mol. The van der Waals surface area contributed by atoms with E-state index < -0.39 is 23.6 Å². The topological polar surface area (TPSA) is 54.5 Å². The highest BCUT2D eigenvalue weighted by molar-refractivity contribution is 7.16. The molecular weight excluding hydrogens is 482 g/mol. The molecular formula is C24H21F4N5OS. The van der Waals surface area contributed by atoms with Crippen molar-refractivity contribution in [3.05, 3.63) is 81.5 Å². The molecule has 0 aliphatic carbocycles. The van der Waals surface area contributed by atoms with E-state index >= 15 is 4.39 Å². The Balaban J connectivity index is 1.87. The van der Waals surface area contributed by atoms with Gasteiger partial charge in [-0.2, -0.15) is 29.6 Å². The number of carbonyl (C=O) groups excluding carboxylic acids is 1. The fourth-order valence-electron chi connectivity index (χ4n) is 4.27. The van der Waals surface area contributed by atoms with Gasteiger partial charge in [0.05, 0.1) is 13.1 Å². The van der Waals surface area contributed by atoms with Crippen LogP contribution in [0.15, 0.2) is 42.6 Å². The van der Waals surface area contributed by atoms with Crippen LogP contribution in [0.25, 0.3) is 16.0 Å². The molecule has 1 atom stereocenters. The summed E-state index contributed by atoms with van der Waals surface area (Å²) in [5.41, 5.74) is -0.742. The second-order valence-corrected chi connectivity index (χ2v) is 9.19. The summed E-state index contributed by atoms with van der Waals surface area (Å²) < 4.78 is 57.5. The zero-order chi connectivity index (χ0) is 25.3. The van der Waals surface area contributed by atoms with E-state index in [-0.39, 0.29) is 30.1 Å². The van der Waals surface area contributed by atoms with Gasteiger partial charge in [0.25, 0.3) is 0 Å². The molecule has 0 spiro atoms. The van der Waals surface area contributed by atoms with E-state index in [9.17, 15) is 18.0 Å². The molecule has 0 fully saturated rings. The molecule has 0 unspecified atom stereocenters. The third kappa shape index (κ3) is 4.85. The first-order valence-electron chi connectivity index (χ1n) is 10.6. The molecule has 0 radical (unpaired) electrons. The van der Waals surface area contributed by atoms with E-state index in [0.717, 1.165) is 21.8 Å². The first-order chi connectivity index (χ1) is 16.6. The number of aryl methyl sites for hydroxylation is 1. The molecule has 1 N–H and O–H groups in total. The third-order valence-corrected chi connectivity index (χ3v) is 6.76. The Labute approximate surface area is 203 Å². The van der Waals surface area contributed by atoms with Gasteiger partial charge >= 0.3 is 6.18 Å². The highest BCUT2D eigenvalue weighted by atomic mass is 32.1. The number of hydrogen-bond donors (Lipinski definition) is 1. The minimum atomic E-state index is -4.78. The van der Waals surface area contributed by atoms with Crippen molar-refractivity contribution in [1.29, 1.82) is 0 Å². The fraction of sp³-hybridized carbons (Fsp3) is 0.292. The molecule has 1 aliphatic rings. The molecule has 4 rings (SSSR count). The lowest BCUT2D eigenvalue weighted by Gasteiger charge is -2.34. The van der Waals surface area contributed by atoms with E-state index in [1.807, 2.05) is 0 Å². The van der Waals surface area contributed by atoms with E-state index in [2.05, 4.69) is 15.3 Å². The van der Waals surface area contributed by atoms with Gasteiger partial charge in [-0.25, -0.2) is 9.24 Å². The number of nitrogens with one attached hydrogen (secondary N) is 1. The molecule has 1 aromatic carbocycles. The van der Waals surface area contributed by atoms with Crippen LogP contribution in [0.5, 0.6) is 0 Å². The van der Waals surface area contributed by atoms with Crippen molar-refractivity contribution in [3.8, 4) is 11.1 Å². The highest BCUT2D eigenvalue weighted by Crippen LogP contribution is 2.46. The maximum atomic E-state index is 15.2. The summed E-state index contributed by atoms with van der Waals surface area (Å²) in [7, 11) is 3.09. The number of likely N-dealkylation sites (N-methyl/N-ethyl adjacent to an activating group) is 1. The van der Waals surface area contributed by atoms with Gasteiger partial charge in [-0.1, -0.05) is 18.2 Å². The first-order valence-corrected chi connectivity index (χ1v) is 11.5. The van der Waals surface area contributed by atoms with Gasteiger partial charge in [-0.3, -0.25) is 9.48 Å². The van der Waals surface area contributed by atoms with Crippen molar-refractivity contribution in [2.45, 2.75) is 18.6 Å². The number of halogens is 4. The summed E-state index contributed by atoms with van der Waals surface area (Å²) in [5.74, 6) is -1.72. The van der Waals surface area contributed by atoms with Crippen LogP contribution in [-0.2, 0) is 24.6 Å². The Morgan fingerprint density at radius 1 is 1.37 bits per heavy atom. The largest absolute Gasteiger partial charge is 0.435 e. The molecule has 35 heavy (non-hydrogen) atoms. The molecule has 0 bridgehead atoms. The molecule has 3 aromatic rings. The van der Waals surface area contributed by atoms with Crippen molar-refractivity contribution in [1.82, 2.24) is 20.0 Å². The molecule has 3 heterocycles. The van der Waals surface area contributed by atoms with Crippen LogP contribution < -0.4 is 5.32 Å². The van der Waals surface area contributed by atoms with Gasteiger partial charge in [-0.05, 0) is 30.3 Å². The van der Waals surface area contributed by atoms with Gasteiger partial charge in [0, 0.05) is 54.3 Å². The number of carbonyl (C=O) groups is 1. The zero-order valence-corrected chi connectivity index (χ0v) is 19.7. The van der Waals surface area contributed by atoms with Crippen LogP contribution in [0.2, 0.25) is 0 Å². The van der Waals surface area contributed by atoms with Crippen molar-refractivity contribution < 1.29 is 22.4 Å². The van der Waals surface area contributed by atoms with Crippen molar-refractivity contribution in [2.75, 3.05) is 20.1 Å². The number of benzene rings is 1. The fourth-order valence-corrected chi connectivity index (χ4v) is 5.29. The van der Waals surface area contributed by atoms with E-state index in [1.165, 1.54) is 30.5 Å². The van der Waals surface area contributed by atoms with Crippen LogP contribution in [0.1, 0.15) is 27.6 Å². The number of rotatable bonds is 5. The molecule has 182 valence electrons. The van der Waals surface area contributed by atoms with Crippen molar-refractivity contribution in [3.63, 3.8) is 0 Å². The van der Waals surface area contributed by atoms with Crippen LogP contribution in [0, 0.1) is 12.4 Å². The average Bonchev–Trinajstić information content (AvgIpc) is 3.41. The number of thiophene rings is 1. The van der Waals surface area contributed by atoms with Gasteiger partial charge in [0.2, 0.25) is 10.9 Å². The second-order valence-electron chi connectivity index (χ2n) is 8.07. The summed E-state index contributed by atoms with van der Waals surface area (Å²) in [5, 5.41) is 6.85. The maximum absolute atomic E-state index is 15.2. The number of aromatic nitrogens is 2. The second kappa shape index (κ2) is 9.64. The maximum Gasteiger partial charge on any atom is 0.435 e. The molecule has 2 aromatic heterocycles. The van der Waals surface area contributed by atoms with Crippen LogP contribution in [0.3, 0.4) is 0 Å². The van der Waals surface area contributed by atoms with Gasteiger partial charge in [-0.15, -0.1) is 0 Å². The zero-order valence-electron chi connectivity index (χ0n) is 18.9. The summed E-state index contributed by atoms with van der Waals surface area (Å²) in [6.45, 7) is 8.27. The lowest BCUT2D eigenvalue weighted by atomic mass is 9.83. The predicted octanol–water partition coefficient (Wildman–Crippen LogP) is 5.11. The summed E-state index contributed by atoms with van der Waals surface area (Å²) >= 11 is 1.23. The number of alkyl halides is 3. The standard InChI is InChI=1S/C24H21F4N5OS/c1-29-9-5-8-21(34)33-12-16(15-10-20(30-2)35-19(15)13-33)14-6-4-7-18(25)22(14)17-11-32(3)31-23(17)24(26,27)28/h4-8,10-11,16,29H,9,12-13H2,1,3H3/b8-5+/t16-/m0/s1. The van der Waals surface area contributed by atoms with Crippen molar-refractivity contribution >= 4 is 22.2 Å². The van der Waals surface area contributed by atoms with Gasteiger partial charge in [0.15, 0.2) is 5.69 Å². The summed E-state index contributed by atoms with van der Waals surface area (Å²) in [4.78, 5) is 18.7. The number of fused-ring (bicyclic) bond motifs is 1. The summed E-state index contributed by atoms with van der Waals surface area (Å²) in [6.07, 6.45) is -0.536. The van der Waals surface area contributed by atoms with E-state index in [4.69, 9.17) is 6.57 Å². The number of hydrogen-bond acceptors (Lipinski definition) is 4. The lowest BCUT2D eigenvalue weighted by molar-refractivity contribution is -0.141. The smallest absolute Gasteiger partial charge is 0.333 e. The Hall–Kier alpha value is -3.49. The third-order valence-electron chi connectivity index (χ3n) is 5.73. The Kier molecular flexibility index (Phi) is 6.78. The van der Waals surface area contributed by atoms with E-state index in [1.54, 1.807) is 30.2 Å². The number of amides is 1. The van der Waals surface area contributed by atoms with Crippen LogP contribution >= 0.6 is 11.3 Å². The molecule has 1 aliphatic heterocycles. The van der Waals surface area contributed by atoms with Crippen LogP contribution in [0.4, 0.5) is 22.6 Å². The molecule has 6 nitrogen and oxygen atoms in total. The molecule has 0 saturated heterocycles. The van der Waals surface area contributed by atoms with Gasteiger partial charge < -0.3 is 10.2 Å². The van der Waals surface area contributed by atoms with Crippen LogP contribution in [-0.4, -0.2) is 40.7 Å². The Morgan fingerprint density at radius 2 is 2.14 bits per heavy atom. The summed E-state index contributed by atoms with van der Waals surface area (Å²) in [6, 6.07) is 5.80. The minimum Gasteiger partial charge on any atom is -0.333 e. The number of nitrogens with zero attached hydrogens (tertiary/aromatic N) is 4. The van der Waals surface area contributed by atoms with Crippen molar-refractivity contribution in [2.24, 2.45) is 7.05 Å². The molecule has 1 amide bonds. The normalized spacial score (nSPS) is 15.9. The quantitative estimate of drug-likeness (QED) is 0.299. The highest BCUT2D eigenvalue weighted by Gasteiger charge is 2.40. The average molecular weight is 504 g/mol. The molecule has 11 heteroatoms. The SMILES string of the molecule is [C-]#[N+]c1cc2c(s1)CN(C(=O)/C=C/CNC)C[C@H]2c1cccc(F)c1-c1cn(C)nc1C(F)(F)F. The first kappa shape index (κ1) is 24.6. The van der Waals surface area contributed by atoms with E-state index in [0.29, 0.717) is 22.7 Å². The molecule has 0 saturated carbocycles. The Bertz CT molecular complexity index is 1330. The van der Waals surface area contributed by atoms with Gasteiger partial charge in [0.1, 0.15) is 5.82 Å². The predicted molar refractivity (Wildman–Crippen MR) is 125 cm³/mol. The Morgan fingerprint density at radius 3 is 2.83 bits per heavy atom. The minimum absolute atomic E-state index is 0.127.